The summed E-state index contributed by atoms with van der Waals surface area (Å²) in [6.07, 6.45) is -1.07. The molecule has 2 rings (SSSR count). The van der Waals surface area contributed by atoms with E-state index in [4.69, 9.17) is 4.74 Å². The maximum atomic E-state index is 12.2. The monoisotopic (exact) mass is 341 g/mol. The molecular formula is C19H19NO5. The minimum absolute atomic E-state index is 0.0103. The molecule has 2 aromatic rings. The predicted octanol–water partition coefficient (Wildman–Crippen LogP) is 3.09. The van der Waals surface area contributed by atoms with Gasteiger partial charge in [-0.2, -0.15) is 0 Å². The molecule has 1 atom stereocenters. The Kier molecular flexibility index (Phi) is 5.54. The van der Waals surface area contributed by atoms with Crippen LogP contribution in [-0.2, 0) is 9.53 Å². The number of aryl methyl sites for hydroxylation is 1. The summed E-state index contributed by atoms with van der Waals surface area (Å²) in [6, 6.07) is 11.0. The van der Waals surface area contributed by atoms with E-state index in [0.717, 1.165) is 5.56 Å². The number of phenolic OH excluding ortho intramolecular Hbond substituents is 1. The highest BCUT2D eigenvalue weighted by molar-refractivity contribution is 6.00. The van der Waals surface area contributed by atoms with Crippen LogP contribution in [0.15, 0.2) is 42.5 Å². The number of hydrogen-bond donors (Lipinski definition) is 2. The van der Waals surface area contributed by atoms with Crippen LogP contribution in [0.25, 0.3) is 0 Å². The second-order valence-electron chi connectivity index (χ2n) is 5.69. The fourth-order valence-electron chi connectivity index (χ4n) is 2.15. The summed E-state index contributed by atoms with van der Waals surface area (Å²) >= 11 is 0. The zero-order valence-corrected chi connectivity index (χ0v) is 14.2. The molecule has 0 fully saturated rings. The van der Waals surface area contributed by atoms with Crippen molar-refractivity contribution in [3.63, 3.8) is 0 Å². The van der Waals surface area contributed by atoms with Gasteiger partial charge in [-0.25, -0.2) is 4.79 Å². The summed E-state index contributed by atoms with van der Waals surface area (Å²) in [7, 11) is 0. The van der Waals surface area contributed by atoms with Crippen LogP contribution < -0.4 is 5.32 Å². The average molecular weight is 341 g/mol. The van der Waals surface area contributed by atoms with Crippen LogP contribution in [-0.4, -0.2) is 28.9 Å². The number of Topliss-reactive ketones (excluding diaryl/α,β-unsaturated/α-hetero) is 1. The van der Waals surface area contributed by atoms with Crippen LogP contribution in [0.1, 0.15) is 40.1 Å². The molecule has 0 radical (unpaired) electrons. The zero-order chi connectivity index (χ0) is 18.6. The first kappa shape index (κ1) is 18.2. The number of ketones is 1. The smallest absolute Gasteiger partial charge is 0.342 e. The van der Waals surface area contributed by atoms with Crippen molar-refractivity contribution in [2.45, 2.75) is 26.9 Å². The number of carbonyl (C=O) groups is 3. The van der Waals surface area contributed by atoms with Crippen molar-refractivity contribution in [3.05, 3.63) is 59.2 Å². The third kappa shape index (κ3) is 4.67. The number of aromatic hydroxyl groups is 1. The van der Waals surface area contributed by atoms with Crippen molar-refractivity contribution < 1.29 is 24.2 Å². The maximum absolute atomic E-state index is 12.2. The molecule has 0 saturated heterocycles. The van der Waals surface area contributed by atoms with Gasteiger partial charge in [0.05, 0.1) is 0 Å². The van der Waals surface area contributed by atoms with Gasteiger partial charge in [0, 0.05) is 11.3 Å². The molecule has 6 heteroatoms. The molecule has 0 aromatic heterocycles. The van der Waals surface area contributed by atoms with Gasteiger partial charge >= 0.3 is 5.97 Å². The molecule has 2 N–H and O–H groups in total. The summed E-state index contributed by atoms with van der Waals surface area (Å²) in [6.45, 7) is 4.63. The van der Waals surface area contributed by atoms with E-state index in [1.807, 2.05) is 0 Å². The van der Waals surface area contributed by atoms with E-state index in [9.17, 15) is 19.5 Å². The van der Waals surface area contributed by atoms with E-state index in [0.29, 0.717) is 11.3 Å². The number of nitrogens with one attached hydrogen (secondary N) is 1. The first-order valence-corrected chi connectivity index (χ1v) is 7.70. The normalized spacial score (nSPS) is 11.5. The summed E-state index contributed by atoms with van der Waals surface area (Å²) in [5.41, 5.74) is 1.68. The van der Waals surface area contributed by atoms with Gasteiger partial charge in [-0.05, 0) is 50.6 Å². The van der Waals surface area contributed by atoms with Crippen LogP contribution in [0.5, 0.6) is 5.75 Å². The molecular weight excluding hydrogens is 322 g/mol. The Morgan fingerprint density at radius 3 is 2.48 bits per heavy atom. The number of anilines is 1. The summed E-state index contributed by atoms with van der Waals surface area (Å²) in [5.74, 6) is -1.66. The Morgan fingerprint density at radius 2 is 1.84 bits per heavy atom. The number of rotatable bonds is 5. The van der Waals surface area contributed by atoms with Crippen molar-refractivity contribution >= 4 is 23.3 Å². The predicted molar refractivity (Wildman–Crippen MR) is 92.8 cm³/mol. The van der Waals surface area contributed by atoms with E-state index < -0.39 is 18.0 Å². The number of ether oxygens (including phenoxy) is 1. The van der Waals surface area contributed by atoms with Crippen LogP contribution >= 0.6 is 0 Å². The van der Waals surface area contributed by atoms with Gasteiger partial charge in [-0.1, -0.05) is 18.2 Å². The molecule has 1 unspecified atom stereocenters. The molecule has 0 aliphatic rings. The van der Waals surface area contributed by atoms with Gasteiger partial charge in [0.15, 0.2) is 11.9 Å². The van der Waals surface area contributed by atoms with Gasteiger partial charge in [0.25, 0.3) is 5.91 Å². The van der Waals surface area contributed by atoms with E-state index in [1.165, 1.54) is 26.0 Å². The standard InChI is InChI=1S/C19H19NO5/c1-11-7-8-16(17(22)9-11)19(24)25-13(3)18(23)20-15-6-4-5-14(10-15)12(2)21/h4-10,13,22H,1-3H3,(H,20,23). The Hall–Kier alpha value is -3.15. The van der Waals surface area contributed by atoms with E-state index in [1.54, 1.807) is 37.3 Å². The lowest BCUT2D eigenvalue weighted by Crippen LogP contribution is -2.30. The maximum Gasteiger partial charge on any atom is 0.342 e. The lowest BCUT2D eigenvalue weighted by atomic mass is 10.1. The highest BCUT2D eigenvalue weighted by Gasteiger charge is 2.21. The molecule has 0 aliphatic heterocycles. The van der Waals surface area contributed by atoms with E-state index >= 15 is 0 Å². The SMILES string of the molecule is CC(=O)c1cccc(NC(=O)C(C)OC(=O)c2ccc(C)cc2O)c1. The van der Waals surface area contributed by atoms with Crippen molar-refractivity contribution in [1.82, 2.24) is 0 Å². The van der Waals surface area contributed by atoms with E-state index in [-0.39, 0.29) is 17.1 Å². The first-order valence-electron chi connectivity index (χ1n) is 7.70. The van der Waals surface area contributed by atoms with Crippen LogP contribution in [0.2, 0.25) is 0 Å². The van der Waals surface area contributed by atoms with Crippen molar-refractivity contribution in [2.24, 2.45) is 0 Å². The first-order chi connectivity index (χ1) is 11.8. The summed E-state index contributed by atoms with van der Waals surface area (Å²) in [5, 5.41) is 12.4. The van der Waals surface area contributed by atoms with Crippen LogP contribution in [0, 0.1) is 6.92 Å². The minimum atomic E-state index is -1.07. The molecule has 0 spiro atoms. The molecule has 130 valence electrons. The number of amides is 1. The Balaban J connectivity index is 2.03. The second kappa shape index (κ2) is 7.61. The molecule has 1 amide bonds. The second-order valence-corrected chi connectivity index (χ2v) is 5.69. The minimum Gasteiger partial charge on any atom is -0.507 e. The molecule has 0 saturated carbocycles. The molecule has 0 aliphatic carbocycles. The highest BCUT2D eigenvalue weighted by atomic mass is 16.5. The molecule has 2 aromatic carbocycles. The lowest BCUT2D eigenvalue weighted by Gasteiger charge is -2.14. The lowest BCUT2D eigenvalue weighted by molar-refractivity contribution is -0.123. The molecule has 0 bridgehead atoms. The average Bonchev–Trinajstić information content (AvgIpc) is 2.54. The number of carbonyl (C=O) groups excluding carboxylic acids is 3. The third-order valence-corrected chi connectivity index (χ3v) is 3.56. The molecule has 6 nitrogen and oxygen atoms in total. The zero-order valence-electron chi connectivity index (χ0n) is 14.2. The van der Waals surface area contributed by atoms with Gasteiger partial charge < -0.3 is 15.2 Å². The molecule has 25 heavy (non-hydrogen) atoms. The van der Waals surface area contributed by atoms with Gasteiger partial charge in [0.2, 0.25) is 0 Å². The number of benzene rings is 2. The van der Waals surface area contributed by atoms with Gasteiger partial charge in [0.1, 0.15) is 11.3 Å². The van der Waals surface area contributed by atoms with Gasteiger partial charge in [-0.3, -0.25) is 9.59 Å². The fraction of sp³-hybridized carbons (Fsp3) is 0.211. The van der Waals surface area contributed by atoms with Gasteiger partial charge in [-0.15, -0.1) is 0 Å². The fourth-order valence-corrected chi connectivity index (χ4v) is 2.15. The van der Waals surface area contributed by atoms with E-state index in [2.05, 4.69) is 5.32 Å². The Bertz CT molecular complexity index is 828. The quantitative estimate of drug-likeness (QED) is 0.644. The summed E-state index contributed by atoms with van der Waals surface area (Å²) in [4.78, 5) is 35.6. The third-order valence-electron chi connectivity index (χ3n) is 3.56. The largest absolute Gasteiger partial charge is 0.507 e. The summed E-state index contributed by atoms with van der Waals surface area (Å²) < 4.78 is 5.09. The number of phenols is 1. The Labute approximate surface area is 145 Å². The van der Waals surface area contributed by atoms with Crippen molar-refractivity contribution in [3.8, 4) is 5.75 Å². The highest BCUT2D eigenvalue weighted by Crippen LogP contribution is 2.20. The van der Waals surface area contributed by atoms with Crippen LogP contribution in [0.4, 0.5) is 5.69 Å². The van der Waals surface area contributed by atoms with Crippen LogP contribution in [0.3, 0.4) is 0 Å². The van der Waals surface area contributed by atoms with Crippen molar-refractivity contribution in [1.29, 1.82) is 0 Å². The van der Waals surface area contributed by atoms with Crippen molar-refractivity contribution in [2.75, 3.05) is 5.32 Å². The number of esters is 1. The molecule has 0 heterocycles. The topological polar surface area (TPSA) is 92.7 Å². The number of hydrogen-bond acceptors (Lipinski definition) is 5. The Morgan fingerprint density at radius 1 is 1.12 bits per heavy atom.